The van der Waals surface area contributed by atoms with Crippen LogP contribution >= 0.6 is 0 Å². The minimum absolute atomic E-state index is 0.0143. The van der Waals surface area contributed by atoms with Crippen LogP contribution in [0.2, 0.25) is 0 Å². The second kappa shape index (κ2) is 15.3. The van der Waals surface area contributed by atoms with E-state index in [0.717, 1.165) is 49.8 Å². The second-order valence-corrected chi connectivity index (χ2v) is 15.3. The highest BCUT2D eigenvalue weighted by Gasteiger charge is 2.43. The molecule has 4 N–H and O–H groups in total. The largest absolute Gasteiger partial charge is 0.444 e. The molecule has 0 fully saturated rings. The molecule has 2 aromatic heterocycles. The van der Waals surface area contributed by atoms with Crippen molar-refractivity contribution < 1.29 is 19.1 Å². The Balaban J connectivity index is 1.21. The van der Waals surface area contributed by atoms with E-state index >= 15 is 4.79 Å². The SMILES string of the molecule is C[C@@H](c1ccccc1)N1Cc2c(ccc3[nH]nc(N(C(=O)OCc4ccccc4)[C@@H]4Cc5ccc6[nH]ncc6c5CN([C@@H](C)c5ccccc5)C4=O)c23)C[C@@H](N)C1=O. The van der Waals surface area contributed by atoms with Gasteiger partial charge in [-0.05, 0) is 71.3 Å². The van der Waals surface area contributed by atoms with E-state index in [1.165, 1.54) is 4.90 Å². The number of carbonyl (C=O) groups excluding carboxylic acids is 3. The Labute approximate surface area is 335 Å². The molecule has 0 spiro atoms. The molecule has 0 saturated heterocycles. The van der Waals surface area contributed by atoms with E-state index in [0.29, 0.717) is 23.9 Å². The average molecular weight is 773 g/mol. The van der Waals surface area contributed by atoms with Gasteiger partial charge in [-0.15, -0.1) is 0 Å². The zero-order chi connectivity index (χ0) is 39.9. The standard InChI is InChI=1S/C46H44N8O4/c1-28(31-14-8-4-9-15-31)52-26-37-33(22-38(47)44(52)55)19-21-40-42(37)43(51-50-40)54(46(57)58-27-30-12-6-3-7-13-30)41-23-34-18-20-39-35(24-48-49-39)36(34)25-53(45(41)56)29(2)32-16-10-5-11-17-32/h3-21,24,28-29,38,41H,22-23,25-27,47H2,1-2H3,(H,48,49)(H,50,51)/t28-,29-,38+,41+/m0/s1. The Bertz CT molecular complexity index is 2630. The van der Waals surface area contributed by atoms with Gasteiger partial charge in [-0.3, -0.25) is 19.8 Å². The number of ether oxygens (including phenoxy) is 1. The van der Waals surface area contributed by atoms with Crippen molar-refractivity contribution in [3.8, 4) is 0 Å². The molecule has 4 atom stereocenters. The summed E-state index contributed by atoms with van der Waals surface area (Å²) in [5, 5.41) is 16.9. The van der Waals surface area contributed by atoms with Gasteiger partial charge in [-0.25, -0.2) is 9.69 Å². The fraction of sp³-hybridized carbons (Fsp3) is 0.239. The molecule has 2 aliphatic heterocycles. The Hall–Kier alpha value is -6.79. The van der Waals surface area contributed by atoms with Gasteiger partial charge in [0.25, 0.3) is 0 Å². The van der Waals surface area contributed by atoms with Crippen molar-refractivity contribution in [2.45, 2.75) is 70.6 Å². The molecule has 9 rings (SSSR count). The number of benzene rings is 5. The minimum atomic E-state index is -1.06. The number of fused-ring (bicyclic) bond motifs is 6. The maximum absolute atomic E-state index is 15.4. The molecule has 3 amide bonds. The highest BCUT2D eigenvalue weighted by Crippen LogP contribution is 2.39. The molecule has 0 saturated carbocycles. The van der Waals surface area contributed by atoms with Gasteiger partial charge in [-0.2, -0.15) is 10.2 Å². The number of amides is 3. The first kappa shape index (κ1) is 36.8. The van der Waals surface area contributed by atoms with Crippen LogP contribution in [0.25, 0.3) is 21.8 Å². The predicted octanol–water partition coefficient (Wildman–Crippen LogP) is 7.27. The number of H-pyrrole nitrogens is 2. The van der Waals surface area contributed by atoms with E-state index in [4.69, 9.17) is 15.6 Å². The van der Waals surface area contributed by atoms with Crippen molar-refractivity contribution in [3.63, 3.8) is 0 Å². The molecule has 2 aliphatic rings. The number of hydrogen-bond acceptors (Lipinski definition) is 7. The second-order valence-electron chi connectivity index (χ2n) is 15.3. The van der Waals surface area contributed by atoms with E-state index < -0.39 is 18.2 Å². The van der Waals surface area contributed by atoms with E-state index in [1.807, 2.05) is 134 Å². The summed E-state index contributed by atoms with van der Waals surface area (Å²) < 4.78 is 6.11. The van der Waals surface area contributed by atoms with Crippen molar-refractivity contribution in [1.82, 2.24) is 30.2 Å². The highest BCUT2D eigenvalue weighted by molar-refractivity contribution is 6.06. The summed E-state index contributed by atoms with van der Waals surface area (Å²) in [7, 11) is 0. The molecule has 7 aromatic rings. The third-order valence-electron chi connectivity index (χ3n) is 11.9. The van der Waals surface area contributed by atoms with Crippen LogP contribution in [0.15, 0.2) is 121 Å². The summed E-state index contributed by atoms with van der Waals surface area (Å²) in [4.78, 5) is 49.4. The van der Waals surface area contributed by atoms with Crippen LogP contribution in [-0.4, -0.2) is 60.2 Å². The number of rotatable bonds is 8. The predicted molar refractivity (Wildman–Crippen MR) is 221 cm³/mol. The lowest BCUT2D eigenvalue weighted by atomic mass is 9.96. The Morgan fingerprint density at radius 2 is 1.34 bits per heavy atom. The van der Waals surface area contributed by atoms with E-state index in [2.05, 4.69) is 15.3 Å². The quantitative estimate of drug-likeness (QED) is 0.147. The summed E-state index contributed by atoms with van der Waals surface area (Å²) in [5.41, 5.74) is 14.4. The molecule has 5 aromatic carbocycles. The number of aromatic amines is 2. The van der Waals surface area contributed by atoms with Crippen molar-refractivity contribution in [2.75, 3.05) is 4.90 Å². The number of nitrogens with two attached hydrogens (primary N) is 1. The Kier molecular flexibility index (Phi) is 9.70. The van der Waals surface area contributed by atoms with Crippen molar-refractivity contribution in [3.05, 3.63) is 160 Å². The van der Waals surface area contributed by atoms with Crippen LogP contribution in [0.3, 0.4) is 0 Å². The maximum atomic E-state index is 15.4. The molecule has 0 unspecified atom stereocenters. The van der Waals surface area contributed by atoms with Gasteiger partial charge in [0, 0.05) is 30.3 Å². The van der Waals surface area contributed by atoms with Crippen LogP contribution < -0.4 is 10.6 Å². The average Bonchev–Trinajstić information content (AvgIpc) is 3.86. The smallest absolute Gasteiger partial charge is 0.416 e. The van der Waals surface area contributed by atoms with Crippen LogP contribution in [0.1, 0.15) is 64.9 Å². The summed E-state index contributed by atoms with van der Waals surface area (Å²) in [6, 6.07) is 34.5. The summed E-state index contributed by atoms with van der Waals surface area (Å²) in [6.07, 6.45) is 1.56. The Morgan fingerprint density at radius 1 is 0.759 bits per heavy atom. The monoisotopic (exact) mass is 772 g/mol. The van der Waals surface area contributed by atoms with Crippen LogP contribution in [-0.2, 0) is 46.9 Å². The van der Waals surface area contributed by atoms with E-state index in [1.54, 1.807) is 11.1 Å². The number of aromatic nitrogens is 4. The summed E-state index contributed by atoms with van der Waals surface area (Å²) >= 11 is 0. The van der Waals surface area contributed by atoms with Crippen LogP contribution in [0, 0.1) is 0 Å². The van der Waals surface area contributed by atoms with Crippen molar-refractivity contribution in [2.24, 2.45) is 5.73 Å². The molecule has 292 valence electrons. The molecule has 4 heterocycles. The zero-order valence-electron chi connectivity index (χ0n) is 32.3. The highest BCUT2D eigenvalue weighted by atomic mass is 16.6. The van der Waals surface area contributed by atoms with Gasteiger partial charge in [0.1, 0.15) is 12.6 Å². The number of hydrogen-bond donors (Lipinski definition) is 3. The van der Waals surface area contributed by atoms with Crippen LogP contribution in [0.5, 0.6) is 0 Å². The maximum Gasteiger partial charge on any atom is 0.416 e. The minimum Gasteiger partial charge on any atom is -0.444 e. The van der Waals surface area contributed by atoms with Gasteiger partial charge in [0.05, 0.1) is 35.4 Å². The molecule has 12 nitrogen and oxygen atoms in total. The summed E-state index contributed by atoms with van der Waals surface area (Å²) in [6.45, 7) is 4.50. The van der Waals surface area contributed by atoms with Crippen molar-refractivity contribution >= 4 is 45.5 Å². The molecule has 58 heavy (non-hydrogen) atoms. The van der Waals surface area contributed by atoms with Gasteiger partial charge >= 0.3 is 6.09 Å². The number of anilines is 1. The topological polar surface area (TPSA) is 154 Å². The van der Waals surface area contributed by atoms with Gasteiger partial charge in [0.15, 0.2) is 5.82 Å². The summed E-state index contributed by atoms with van der Waals surface area (Å²) in [5.74, 6) is -0.175. The first-order valence-electron chi connectivity index (χ1n) is 19.7. The fourth-order valence-electron chi connectivity index (χ4n) is 8.61. The van der Waals surface area contributed by atoms with Gasteiger partial charge in [-0.1, -0.05) is 103 Å². The zero-order valence-corrected chi connectivity index (χ0v) is 32.3. The Morgan fingerprint density at radius 3 is 2.02 bits per heavy atom. The first-order chi connectivity index (χ1) is 28.3. The lowest BCUT2D eigenvalue weighted by Crippen LogP contribution is -2.52. The lowest BCUT2D eigenvalue weighted by Gasteiger charge is -2.35. The van der Waals surface area contributed by atoms with Crippen LogP contribution in [0.4, 0.5) is 10.6 Å². The van der Waals surface area contributed by atoms with E-state index in [-0.39, 0.29) is 49.3 Å². The molecule has 0 radical (unpaired) electrons. The normalized spacial score (nSPS) is 18.0. The molecule has 0 bridgehead atoms. The number of carbonyl (C=O) groups is 3. The molecular weight excluding hydrogens is 729 g/mol. The van der Waals surface area contributed by atoms with Crippen molar-refractivity contribution in [1.29, 1.82) is 0 Å². The molecular formula is C46H44N8O4. The third-order valence-corrected chi connectivity index (χ3v) is 11.9. The first-order valence-corrected chi connectivity index (χ1v) is 19.7. The lowest BCUT2D eigenvalue weighted by molar-refractivity contribution is -0.135. The fourth-order valence-corrected chi connectivity index (χ4v) is 8.61. The van der Waals surface area contributed by atoms with Gasteiger partial charge in [0.2, 0.25) is 11.8 Å². The third kappa shape index (κ3) is 6.64. The van der Waals surface area contributed by atoms with E-state index in [9.17, 15) is 9.59 Å². The van der Waals surface area contributed by atoms with Gasteiger partial charge < -0.3 is 20.3 Å². The number of nitrogens with one attached hydrogen (secondary N) is 2. The molecule has 12 heteroatoms. The molecule has 0 aliphatic carbocycles. The number of nitrogens with zero attached hydrogens (tertiary/aromatic N) is 5.